The molecule has 5 nitrogen and oxygen atoms in total. The molecular formula is C18H16F2N2O3. The Labute approximate surface area is 143 Å². The third-order valence-electron chi connectivity index (χ3n) is 3.87. The zero-order valence-corrected chi connectivity index (χ0v) is 13.7. The molecule has 2 amide bonds. The lowest BCUT2D eigenvalue weighted by Crippen LogP contribution is -2.33. The van der Waals surface area contributed by atoms with Gasteiger partial charge in [0.15, 0.2) is 11.6 Å². The number of hydrogen-bond acceptors (Lipinski definition) is 3. The summed E-state index contributed by atoms with van der Waals surface area (Å²) in [5.74, 6) is -2.43. The number of halogens is 2. The molecule has 0 fully saturated rings. The van der Waals surface area contributed by atoms with Gasteiger partial charge in [-0.05, 0) is 50.2 Å². The van der Waals surface area contributed by atoms with Gasteiger partial charge >= 0.3 is 0 Å². The lowest BCUT2D eigenvalue weighted by Gasteiger charge is -2.18. The van der Waals surface area contributed by atoms with E-state index in [4.69, 9.17) is 4.74 Å². The predicted octanol–water partition coefficient (Wildman–Crippen LogP) is 3.57. The average molecular weight is 346 g/mol. The van der Waals surface area contributed by atoms with Gasteiger partial charge in [0.2, 0.25) is 5.91 Å². The molecule has 25 heavy (non-hydrogen) atoms. The Hall–Kier alpha value is -2.96. The number of rotatable bonds is 2. The Balaban J connectivity index is 1.82. The second-order valence-electron chi connectivity index (χ2n) is 6.42. The van der Waals surface area contributed by atoms with Crippen molar-refractivity contribution in [3.8, 4) is 5.75 Å². The average Bonchev–Trinajstić information content (AvgIpc) is 2.66. The summed E-state index contributed by atoms with van der Waals surface area (Å²) in [4.78, 5) is 24.3. The lowest BCUT2D eigenvalue weighted by molar-refractivity contribution is -0.124. The molecule has 0 unspecified atom stereocenters. The first kappa shape index (κ1) is 16.9. The number of amides is 2. The van der Waals surface area contributed by atoms with Crippen LogP contribution in [0.1, 0.15) is 24.2 Å². The molecule has 0 spiro atoms. The minimum Gasteiger partial charge on any atom is -0.490 e. The molecule has 2 aromatic carbocycles. The minimum atomic E-state index is -1.10. The zero-order chi connectivity index (χ0) is 18.2. The molecule has 3 rings (SSSR count). The second-order valence-corrected chi connectivity index (χ2v) is 6.42. The van der Waals surface area contributed by atoms with Gasteiger partial charge in [-0.2, -0.15) is 0 Å². The topological polar surface area (TPSA) is 67.4 Å². The van der Waals surface area contributed by atoms with E-state index in [1.54, 1.807) is 32.0 Å². The first-order chi connectivity index (χ1) is 11.8. The maximum atomic E-state index is 13.2. The first-order valence-corrected chi connectivity index (χ1v) is 7.61. The second kappa shape index (κ2) is 6.16. The minimum absolute atomic E-state index is 0.0183. The molecule has 0 saturated carbocycles. The fourth-order valence-electron chi connectivity index (χ4n) is 2.29. The number of carbonyl (C=O) groups excluding carboxylic acids is 2. The van der Waals surface area contributed by atoms with E-state index in [1.807, 2.05) is 0 Å². The number of benzene rings is 2. The van der Waals surface area contributed by atoms with Gasteiger partial charge in [-0.1, -0.05) is 0 Å². The maximum Gasteiger partial charge on any atom is 0.255 e. The van der Waals surface area contributed by atoms with Gasteiger partial charge in [-0.15, -0.1) is 0 Å². The van der Waals surface area contributed by atoms with Crippen LogP contribution in [0.3, 0.4) is 0 Å². The van der Waals surface area contributed by atoms with Gasteiger partial charge in [-0.3, -0.25) is 9.59 Å². The largest absolute Gasteiger partial charge is 0.490 e. The molecule has 0 atom stereocenters. The number of nitrogens with one attached hydrogen (secondary N) is 2. The van der Waals surface area contributed by atoms with Crippen molar-refractivity contribution in [1.82, 2.24) is 0 Å². The van der Waals surface area contributed by atoms with Crippen molar-refractivity contribution in [3.63, 3.8) is 0 Å². The number of fused-ring (bicyclic) bond motifs is 1. The van der Waals surface area contributed by atoms with E-state index in [0.717, 1.165) is 12.1 Å². The highest BCUT2D eigenvalue weighted by molar-refractivity contribution is 6.05. The summed E-state index contributed by atoms with van der Waals surface area (Å²) in [5.41, 5.74) is 0.111. The zero-order valence-electron chi connectivity index (χ0n) is 13.7. The molecule has 0 saturated heterocycles. The highest BCUT2D eigenvalue weighted by Crippen LogP contribution is 2.34. The molecule has 1 aliphatic rings. The number of hydrogen-bond donors (Lipinski definition) is 2. The van der Waals surface area contributed by atoms with Gasteiger partial charge in [0.05, 0.1) is 11.1 Å². The fourth-order valence-corrected chi connectivity index (χ4v) is 2.29. The highest BCUT2D eigenvalue weighted by Gasteiger charge is 2.32. The van der Waals surface area contributed by atoms with Gasteiger partial charge in [0.1, 0.15) is 12.4 Å². The van der Waals surface area contributed by atoms with Crippen molar-refractivity contribution in [2.45, 2.75) is 13.8 Å². The fraction of sp³-hybridized carbons (Fsp3) is 0.222. The summed E-state index contributed by atoms with van der Waals surface area (Å²) in [6, 6.07) is 7.66. The number of ether oxygens (including phenoxy) is 1. The normalized spacial score (nSPS) is 15.4. The third-order valence-corrected chi connectivity index (χ3v) is 3.87. The molecule has 130 valence electrons. The summed E-state index contributed by atoms with van der Waals surface area (Å²) < 4.78 is 31.8. The summed E-state index contributed by atoms with van der Waals surface area (Å²) in [5, 5.41) is 5.33. The van der Waals surface area contributed by atoms with Gasteiger partial charge in [0.25, 0.3) is 5.91 Å². The Kier molecular flexibility index (Phi) is 4.16. The molecule has 0 aromatic heterocycles. The van der Waals surface area contributed by atoms with Gasteiger partial charge in [-0.25, -0.2) is 8.78 Å². The van der Waals surface area contributed by atoms with Crippen LogP contribution >= 0.6 is 0 Å². The summed E-state index contributed by atoms with van der Waals surface area (Å²) in [6.07, 6.45) is 0. The maximum absolute atomic E-state index is 13.2. The van der Waals surface area contributed by atoms with E-state index >= 15 is 0 Å². The van der Waals surface area contributed by atoms with Crippen LogP contribution < -0.4 is 15.4 Å². The van der Waals surface area contributed by atoms with E-state index in [2.05, 4.69) is 10.6 Å². The van der Waals surface area contributed by atoms with Crippen molar-refractivity contribution in [3.05, 3.63) is 53.6 Å². The Morgan fingerprint density at radius 3 is 2.64 bits per heavy atom. The smallest absolute Gasteiger partial charge is 0.255 e. The summed E-state index contributed by atoms with van der Waals surface area (Å²) in [6.45, 7) is 3.76. The van der Waals surface area contributed by atoms with E-state index in [-0.39, 0.29) is 18.1 Å². The number of anilines is 2. The SMILES string of the molecule is CC1(C)COc2ccc(NC(=O)c3ccc(F)c(F)c3)cc2NC1=O. The molecular weight excluding hydrogens is 330 g/mol. The molecule has 2 N–H and O–H groups in total. The van der Waals surface area contributed by atoms with E-state index in [0.29, 0.717) is 17.1 Å². The predicted molar refractivity (Wildman–Crippen MR) is 88.7 cm³/mol. The Morgan fingerprint density at radius 2 is 1.92 bits per heavy atom. The monoisotopic (exact) mass is 346 g/mol. The van der Waals surface area contributed by atoms with Crippen molar-refractivity contribution in [2.24, 2.45) is 5.41 Å². The van der Waals surface area contributed by atoms with Crippen LogP contribution in [0, 0.1) is 17.0 Å². The van der Waals surface area contributed by atoms with Crippen LogP contribution in [0.2, 0.25) is 0 Å². The quantitative estimate of drug-likeness (QED) is 0.873. The van der Waals surface area contributed by atoms with E-state index < -0.39 is 23.0 Å². The van der Waals surface area contributed by atoms with Crippen LogP contribution in [-0.4, -0.2) is 18.4 Å². The molecule has 1 aliphatic heterocycles. The van der Waals surface area contributed by atoms with Crippen molar-refractivity contribution in [2.75, 3.05) is 17.2 Å². The molecule has 2 aromatic rings. The van der Waals surface area contributed by atoms with E-state index in [9.17, 15) is 18.4 Å². The Morgan fingerprint density at radius 1 is 1.16 bits per heavy atom. The Bertz CT molecular complexity index is 865. The van der Waals surface area contributed by atoms with Crippen LogP contribution in [0.5, 0.6) is 5.75 Å². The van der Waals surface area contributed by atoms with E-state index in [1.165, 1.54) is 6.07 Å². The first-order valence-electron chi connectivity index (χ1n) is 7.61. The molecule has 7 heteroatoms. The molecule has 0 aliphatic carbocycles. The molecule has 0 bridgehead atoms. The summed E-state index contributed by atoms with van der Waals surface area (Å²) >= 11 is 0. The van der Waals surface area contributed by atoms with Crippen molar-refractivity contribution >= 4 is 23.2 Å². The van der Waals surface area contributed by atoms with Gasteiger partial charge < -0.3 is 15.4 Å². The van der Waals surface area contributed by atoms with Crippen molar-refractivity contribution in [1.29, 1.82) is 0 Å². The molecule has 0 radical (unpaired) electrons. The van der Waals surface area contributed by atoms with Crippen LogP contribution in [-0.2, 0) is 4.79 Å². The molecule has 1 heterocycles. The van der Waals surface area contributed by atoms with Crippen LogP contribution in [0.4, 0.5) is 20.2 Å². The third kappa shape index (κ3) is 3.45. The van der Waals surface area contributed by atoms with Crippen LogP contribution in [0.25, 0.3) is 0 Å². The van der Waals surface area contributed by atoms with Crippen molar-refractivity contribution < 1.29 is 23.1 Å². The van der Waals surface area contributed by atoms with Gasteiger partial charge in [0, 0.05) is 11.3 Å². The standard InChI is InChI=1S/C18H16F2N2O3/c1-18(2)9-25-15-6-4-11(8-14(15)22-17(18)24)21-16(23)10-3-5-12(19)13(20)7-10/h3-8H,9H2,1-2H3,(H,21,23)(H,22,24). The summed E-state index contributed by atoms with van der Waals surface area (Å²) in [7, 11) is 0. The highest BCUT2D eigenvalue weighted by atomic mass is 19.2. The van der Waals surface area contributed by atoms with Crippen LogP contribution in [0.15, 0.2) is 36.4 Å². The lowest BCUT2D eigenvalue weighted by atomic mass is 9.94. The number of carbonyl (C=O) groups is 2.